The Morgan fingerprint density at radius 2 is 1.92 bits per heavy atom. The number of hydrogen-bond acceptors (Lipinski definition) is 4. The van der Waals surface area contributed by atoms with Gasteiger partial charge in [-0.25, -0.2) is 4.68 Å². The lowest BCUT2D eigenvalue weighted by Crippen LogP contribution is -2.33. The molecule has 0 radical (unpaired) electrons. The molecule has 0 fully saturated rings. The van der Waals surface area contributed by atoms with E-state index in [1.807, 2.05) is 42.3 Å². The summed E-state index contributed by atoms with van der Waals surface area (Å²) in [5.41, 5.74) is 2.08. The highest BCUT2D eigenvalue weighted by molar-refractivity contribution is 5.94. The van der Waals surface area contributed by atoms with Crippen molar-refractivity contribution < 1.29 is 4.79 Å². The van der Waals surface area contributed by atoms with Crippen molar-refractivity contribution in [1.29, 1.82) is 0 Å². The van der Waals surface area contributed by atoms with Crippen LogP contribution in [0.15, 0.2) is 36.7 Å². The Balaban J connectivity index is 2.02. The minimum Gasteiger partial charge on any atom is -0.337 e. The van der Waals surface area contributed by atoms with E-state index in [9.17, 15) is 4.79 Å². The van der Waals surface area contributed by atoms with Crippen LogP contribution < -0.4 is 0 Å². The van der Waals surface area contributed by atoms with Crippen LogP contribution in [0.3, 0.4) is 0 Å². The summed E-state index contributed by atoms with van der Waals surface area (Å²) in [4.78, 5) is 18.9. The van der Waals surface area contributed by atoms with Crippen LogP contribution in [0.4, 0.5) is 0 Å². The molecule has 0 saturated carbocycles. The maximum absolute atomic E-state index is 12.9. The number of benzene rings is 1. The van der Waals surface area contributed by atoms with Crippen molar-refractivity contribution in [1.82, 2.24) is 24.9 Å². The smallest absolute Gasteiger partial charge is 0.276 e. The van der Waals surface area contributed by atoms with Crippen molar-refractivity contribution in [3.05, 3.63) is 48.0 Å². The second-order valence-electron chi connectivity index (χ2n) is 6.10. The van der Waals surface area contributed by atoms with Gasteiger partial charge < -0.3 is 4.90 Å². The summed E-state index contributed by atoms with van der Waals surface area (Å²) in [6.07, 6.45) is 5.43. The van der Waals surface area contributed by atoms with Crippen LogP contribution >= 0.6 is 0 Å². The molecule has 0 aliphatic heterocycles. The van der Waals surface area contributed by atoms with Gasteiger partial charge in [0.1, 0.15) is 0 Å². The summed E-state index contributed by atoms with van der Waals surface area (Å²) >= 11 is 0. The number of fused-ring (bicyclic) bond motifs is 1. The van der Waals surface area contributed by atoms with Gasteiger partial charge in [-0.15, -0.1) is 5.10 Å². The van der Waals surface area contributed by atoms with E-state index in [0.717, 1.165) is 48.1 Å². The third-order valence-corrected chi connectivity index (χ3v) is 4.26. The lowest BCUT2D eigenvalue weighted by Gasteiger charge is -2.20. The number of amides is 1. The zero-order valence-corrected chi connectivity index (χ0v) is 14.9. The van der Waals surface area contributed by atoms with Crippen LogP contribution in [0.2, 0.25) is 0 Å². The van der Waals surface area contributed by atoms with Gasteiger partial charge in [0.15, 0.2) is 5.69 Å². The molecule has 1 amide bonds. The lowest BCUT2D eigenvalue weighted by molar-refractivity contribution is 0.0749. The number of carbonyl (C=O) groups excluding carboxylic acids is 1. The first kappa shape index (κ1) is 17.1. The number of rotatable bonds is 6. The average molecular weight is 337 g/mol. The van der Waals surface area contributed by atoms with Crippen molar-refractivity contribution in [2.24, 2.45) is 0 Å². The molecule has 2 aromatic heterocycles. The molecule has 3 aromatic rings. The van der Waals surface area contributed by atoms with Gasteiger partial charge >= 0.3 is 0 Å². The minimum atomic E-state index is -0.0469. The fourth-order valence-electron chi connectivity index (χ4n) is 3.05. The first-order valence-corrected chi connectivity index (χ1v) is 8.72. The molecule has 0 atom stereocenters. The van der Waals surface area contributed by atoms with Crippen LogP contribution in [0.25, 0.3) is 16.5 Å². The number of carbonyl (C=O) groups is 1. The Labute approximate surface area is 147 Å². The molecule has 25 heavy (non-hydrogen) atoms. The van der Waals surface area contributed by atoms with E-state index in [1.54, 1.807) is 10.9 Å². The minimum absolute atomic E-state index is 0.0469. The van der Waals surface area contributed by atoms with Crippen LogP contribution in [-0.2, 0) is 0 Å². The zero-order chi connectivity index (χ0) is 17.8. The van der Waals surface area contributed by atoms with E-state index in [-0.39, 0.29) is 5.91 Å². The number of hydrogen-bond donors (Lipinski definition) is 0. The topological polar surface area (TPSA) is 63.9 Å². The Bertz CT molecular complexity index is 875. The molecular weight excluding hydrogens is 314 g/mol. The monoisotopic (exact) mass is 337 g/mol. The Morgan fingerprint density at radius 1 is 1.16 bits per heavy atom. The lowest BCUT2D eigenvalue weighted by atomic mass is 10.1. The van der Waals surface area contributed by atoms with Gasteiger partial charge in [0.25, 0.3) is 5.91 Å². The first-order valence-electron chi connectivity index (χ1n) is 8.72. The fourth-order valence-corrected chi connectivity index (χ4v) is 3.05. The van der Waals surface area contributed by atoms with Crippen molar-refractivity contribution in [3.63, 3.8) is 0 Å². The van der Waals surface area contributed by atoms with E-state index < -0.39 is 0 Å². The van der Waals surface area contributed by atoms with Gasteiger partial charge in [-0.05, 0) is 31.9 Å². The number of aromatic nitrogens is 4. The van der Waals surface area contributed by atoms with Gasteiger partial charge in [0, 0.05) is 36.3 Å². The van der Waals surface area contributed by atoms with E-state index in [1.165, 1.54) is 0 Å². The highest BCUT2D eigenvalue weighted by Gasteiger charge is 2.22. The average Bonchev–Trinajstić information content (AvgIpc) is 3.01. The molecular formula is C19H23N5O. The molecule has 6 heteroatoms. The molecule has 6 nitrogen and oxygen atoms in total. The largest absolute Gasteiger partial charge is 0.337 e. The van der Waals surface area contributed by atoms with Crippen molar-refractivity contribution in [2.45, 2.75) is 33.6 Å². The molecule has 3 rings (SSSR count). The standard InChI is InChI=1S/C19H23N5O/c1-4-11-23(12-5-2)19(25)18-14(3)24(22-21-18)17-8-6-7-15-13-20-10-9-16(15)17/h6-10,13H,4-5,11-12H2,1-3H3. The molecule has 0 aliphatic rings. The summed E-state index contributed by atoms with van der Waals surface area (Å²) in [5, 5.41) is 10.5. The van der Waals surface area contributed by atoms with Crippen LogP contribution in [0.5, 0.6) is 0 Å². The molecule has 0 saturated heterocycles. The fraction of sp³-hybridized carbons (Fsp3) is 0.368. The second-order valence-corrected chi connectivity index (χ2v) is 6.10. The van der Waals surface area contributed by atoms with Crippen molar-refractivity contribution in [3.8, 4) is 5.69 Å². The van der Waals surface area contributed by atoms with Gasteiger partial charge in [0.05, 0.1) is 11.4 Å². The Hall–Kier alpha value is -2.76. The van der Waals surface area contributed by atoms with Crippen LogP contribution in [-0.4, -0.2) is 43.9 Å². The summed E-state index contributed by atoms with van der Waals surface area (Å²) in [7, 11) is 0. The number of nitrogens with zero attached hydrogens (tertiary/aromatic N) is 5. The van der Waals surface area contributed by atoms with E-state index in [4.69, 9.17) is 0 Å². The molecule has 130 valence electrons. The summed E-state index contributed by atoms with van der Waals surface area (Å²) in [6.45, 7) is 7.51. The predicted octanol–water partition coefficient (Wildman–Crippen LogP) is 3.39. The molecule has 0 spiro atoms. The van der Waals surface area contributed by atoms with E-state index in [2.05, 4.69) is 29.1 Å². The normalized spacial score (nSPS) is 11.0. The van der Waals surface area contributed by atoms with Gasteiger partial charge in [0.2, 0.25) is 0 Å². The maximum atomic E-state index is 12.9. The molecule has 2 heterocycles. The summed E-state index contributed by atoms with van der Waals surface area (Å²) in [6, 6.07) is 7.90. The quantitative estimate of drug-likeness (QED) is 0.692. The van der Waals surface area contributed by atoms with Crippen molar-refractivity contribution >= 4 is 16.7 Å². The molecule has 1 aromatic carbocycles. The molecule has 0 bridgehead atoms. The van der Waals surface area contributed by atoms with Crippen molar-refractivity contribution in [2.75, 3.05) is 13.1 Å². The van der Waals surface area contributed by atoms with Crippen LogP contribution in [0, 0.1) is 6.92 Å². The Morgan fingerprint density at radius 3 is 2.64 bits per heavy atom. The molecule has 0 aliphatic carbocycles. The summed E-state index contributed by atoms with van der Waals surface area (Å²) < 4.78 is 1.74. The van der Waals surface area contributed by atoms with Gasteiger partial charge in [-0.2, -0.15) is 0 Å². The highest BCUT2D eigenvalue weighted by atomic mass is 16.2. The third-order valence-electron chi connectivity index (χ3n) is 4.26. The Kier molecular flexibility index (Phi) is 5.07. The summed E-state index contributed by atoms with van der Waals surface area (Å²) in [5.74, 6) is -0.0469. The maximum Gasteiger partial charge on any atom is 0.276 e. The zero-order valence-electron chi connectivity index (χ0n) is 14.9. The van der Waals surface area contributed by atoms with E-state index >= 15 is 0 Å². The molecule has 0 unspecified atom stereocenters. The predicted molar refractivity (Wildman–Crippen MR) is 97.9 cm³/mol. The first-order chi connectivity index (χ1) is 12.2. The van der Waals surface area contributed by atoms with Gasteiger partial charge in [-0.3, -0.25) is 9.78 Å². The SMILES string of the molecule is CCCN(CCC)C(=O)c1nnn(-c2cccc3cnccc23)c1C. The second kappa shape index (κ2) is 7.42. The molecule has 0 N–H and O–H groups in total. The van der Waals surface area contributed by atoms with Crippen LogP contribution in [0.1, 0.15) is 42.9 Å². The highest BCUT2D eigenvalue weighted by Crippen LogP contribution is 2.23. The number of pyridine rings is 1. The van der Waals surface area contributed by atoms with Gasteiger partial charge in [-0.1, -0.05) is 31.2 Å². The van der Waals surface area contributed by atoms with E-state index in [0.29, 0.717) is 5.69 Å². The third kappa shape index (κ3) is 3.24.